The first-order valence-corrected chi connectivity index (χ1v) is 17.5. The summed E-state index contributed by atoms with van der Waals surface area (Å²) in [5.41, 5.74) is 2.96. The van der Waals surface area contributed by atoms with Crippen LogP contribution in [0.3, 0.4) is 0 Å². The van der Waals surface area contributed by atoms with Crippen molar-refractivity contribution in [2.45, 2.75) is 103 Å². The van der Waals surface area contributed by atoms with Gasteiger partial charge in [-0.2, -0.15) is 4.48 Å². The SMILES string of the molecule is CCCCCCCCCCCCCCCCOCC(=O)[N+](CCc1ccc(OC)c(OC)c1)(c1ccccc1)c1ccccc1. The molecule has 3 aromatic carbocycles. The lowest BCUT2D eigenvalue weighted by Crippen LogP contribution is -2.53. The van der Waals surface area contributed by atoms with Crippen molar-refractivity contribution >= 4 is 17.3 Å². The van der Waals surface area contributed by atoms with Crippen LogP contribution in [0.2, 0.25) is 0 Å². The highest BCUT2D eigenvalue weighted by molar-refractivity contribution is 5.95. The summed E-state index contributed by atoms with van der Waals surface area (Å²) in [5, 5.41) is 0. The van der Waals surface area contributed by atoms with E-state index >= 15 is 0 Å². The Bertz CT molecular complexity index is 1160. The van der Waals surface area contributed by atoms with Gasteiger partial charge in [0.2, 0.25) is 0 Å². The zero-order chi connectivity index (χ0) is 32.0. The molecule has 0 spiro atoms. The fourth-order valence-electron chi connectivity index (χ4n) is 6.19. The van der Waals surface area contributed by atoms with Crippen molar-refractivity contribution in [1.29, 1.82) is 0 Å². The Morgan fingerprint density at radius 2 is 1.09 bits per heavy atom. The van der Waals surface area contributed by atoms with Gasteiger partial charge in [0.1, 0.15) is 11.4 Å². The van der Waals surface area contributed by atoms with Gasteiger partial charge in [-0.3, -0.25) is 0 Å². The summed E-state index contributed by atoms with van der Waals surface area (Å²) in [6.07, 6.45) is 19.2. The van der Waals surface area contributed by atoms with Crippen molar-refractivity contribution in [3.8, 4) is 11.5 Å². The molecular weight excluding hydrogens is 558 g/mol. The zero-order valence-corrected chi connectivity index (χ0v) is 28.3. The normalized spacial score (nSPS) is 11.4. The Hall–Kier alpha value is -3.15. The maximum Gasteiger partial charge on any atom is 0.349 e. The summed E-state index contributed by atoms with van der Waals surface area (Å²) >= 11 is 0. The van der Waals surface area contributed by atoms with Crippen LogP contribution in [0.1, 0.15) is 102 Å². The Morgan fingerprint density at radius 1 is 0.600 bits per heavy atom. The van der Waals surface area contributed by atoms with Crippen LogP contribution < -0.4 is 14.0 Å². The van der Waals surface area contributed by atoms with Crippen LogP contribution in [0, 0.1) is 0 Å². The maximum atomic E-state index is 14.3. The molecule has 0 bridgehead atoms. The van der Waals surface area contributed by atoms with E-state index in [1.165, 1.54) is 77.0 Å². The van der Waals surface area contributed by atoms with E-state index < -0.39 is 0 Å². The van der Waals surface area contributed by atoms with Crippen LogP contribution in [0.25, 0.3) is 0 Å². The lowest BCUT2D eigenvalue weighted by molar-refractivity contribution is -0.132. The zero-order valence-electron chi connectivity index (χ0n) is 28.3. The summed E-state index contributed by atoms with van der Waals surface area (Å²) in [5.74, 6) is 1.43. The highest BCUT2D eigenvalue weighted by Crippen LogP contribution is 2.36. The average Bonchev–Trinajstić information content (AvgIpc) is 3.09. The molecule has 0 aliphatic heterocycles. The molecule has 0 unspecified atom stereocenters. The van der Waals surface area contributed by atoms with Crippen molar-refractivity contribution in [3.05, 3.63) is 84.4 Å². The minimum Gasteiger partial charge on any atom is -0.493 e. The predicted octanol–water partition coefficient (Wildman–Crippen LogP) is 10.6. The largest absolute Gasteiger partial charge is 0.493 e. The summed E-state index contributed by atoms with van der Waals surface area (Å²) in [6, 6.07) is 26.2. The van der Waals surface area contributed by atoms with E-state index in [1.807, 2.05) is 78.9 Å². The van der Waals surface area contributed by atoms with Crippen LogP contribution >= 0.6 is 0 Å². The smallest absolute Gasteiger partial charge is 0.349 e. The lowest BCUT2D eigenvalue weighted by atomic mass is 10.0. The molecular formula is C40H58NO4+. The number of carbonyl (C=O) groups is 1. The average molecular weight is 617 g/mol. The molecule has 0 saturated carbocycles. The van der Waals surface area contributed by atoms with Crippen molar-refractivity contribution in [2.75, 3.05) is 34.0 Å². The second-order valence-electron chi connectivity index (χ2n) is 12.2. The summed E-state index contributed by atoms with van der Waals surface area (Å²) in [4.78, 5) is 14.3. The number of hydrogen-bond donors (Lipinski definition) is 0. The van der Waals surface area contributed by atoms with Crippen molar-refractivity contribution in [1.82, 2.24) is 4.48 Å². The molecule has 1 amide bonds. The minimum absolute atomic E-state index is 0.0400. The Balaban J connectivity index is 1.52. The maximum absolute atomic E-state index is 14.3. The van der Waals surface area contributed by atoms with Gasteiger partial charge < -0.3 is 14.2 Å². The molecule has 45 heavy (non-hydrogen) atoms. The molecule has 0 radical (unpaired) electrons. The molecule has 3 rings (SSSR count). The van der Waals surface area contributed by atoms with Crippen LogP contribution in [-0.4, -0.2) is 39.9 Å². The topological polar surface area (TPSA) is 44.8 Å². The molecule has 0 aliphatic carbocycles. The Labute approximate surface area is 273 Å². The number of carbonyl (C=O) groups excluding carboxylic acids is 1. The van der Waals surface area contributed by atoms with Crippen molar-refractivity contribution < 1.29 is 19.0 Å². The van der Waals surface area contributed by atoms with E-state index in [0.29, 0.717) is 31.1 Å². The third-order valence-corrected chi connectivity index (χ3v) is 8.87. The molecule has 246 valence electrons. The molecule has 0 fully saturated rings. The fourth-order valence-corrected chi connectivity index (χ4v) is 6.19. The molecule has 0 N–H and O–H groups in total. The lowest BCUT2D eigenvalue weighted by Gasteiger charge is -2.35. The number of para-hydroxylation sites is 2. The van der Waals surface area contributed by atoms with Crippen molar-refractivity contribution in [3.63, 3.8) is 0 Å². The number of rotatable bonds is 24. The third kappa shape index (κ3) is 11.9. The molecule has 0 aliphatic rings. The molecule has 0 saturated heterocycles. The van der Waals surface area contributed by atoms with Crippen LogP contribution in [-0.2, 0) is 16.0 Å². The number of unbranched alkanes of at least 4 members (excludes halogenated alkanes) is 13. The van der Waals surface area contributed by atoms with E-state index in [0.717, 1.165) is 29.8 Å². The summed E-state index contributed by atoms with van der Waals surface area (Å²) in [6.45, 7) is 3.53. The number of benzene rings is 3. The number of amides is 1. The highest BCUT2D eigenvalue weighted by atomic mass is 16.5. The number of hydrogen-bond acceptors (Lipinski definition) is 4. The van der Waals surface area contributed by atoms with Gasteiger partial charge in [0, 0.05) is 37.3 Å². The summed E-state index contributed by atoms with van der Waals surface area (Å²) in [7, 11) is 3.29. The van der Waals surface area contributed by atoms with Gasteiger partial charge >= 0.3 is 5.91 Å². The second-order valence-corrected chi connectivity index (χ2v) is 12.2. The molecule has 0 heterocycles. The first-order valence-electron chi connectivity index (χ1n) is 17.5. The van der Waals surface area contributed by atoms with Crippen LogP contribution in [0.4, 0.5) is 11.4 Å². The van der Waals surface area contributed by atoms with Gasteiger partial charge in [0.25, 0.3) is 0 Å². The minimum atomic E-state index is 0.0400. The number of nitrogens with zero attached hydrogens (tertiary/aromatic N) is 1. The van der Waals surface area contributed by atoms with Gasteiger partial charge in [-0.25, -0.2) is 4.79 Å². The first kappa shape index (κ1) is 36.3. The predicted molar refractivity (Wildman–Crippen MR) is 189 cm³/mol. The Morgan fingerprint density at radius 3 is 1.58 bits per heavy atom. The fraction of sp³-hybridized carbons (Fsp3) is 0.525. The van der Waals surface area contributed by atoms with E-state index in [-0.39, 0.29) is 17.0 Å². The number of quaternary nitrogens is 1. The van der Waals surface area contributed by atoms with Gasteiger partial charge in [-0.1, -0.05) is 133 Å². The van der Waals surface area contributed by atoms with Gasteiger partial charge in [-0.15, -0.1) is 0 Å². The molecule has 3 aromatic rings. The highest BCUT2D eigenvalue weighted by Gasteiger charge is 2.41. The first-order chi connectivity index (χ1) is 22.2. The van der Waals surface area contributed by atoms with Crippen molar-refractivity contribution in [2.24, 2.45) is 0 Å². The summed E-state index contributed by atoms with van der Waals surface area (Å²) < 4.78 is 17.1. The monoisotopic (exact) mass is 616 g/mol. The molecule has 0 aromatic heterocycles. The van der Waals surface area contributed by atoms with Gasteiger partial charge in [-0.05, 0) is 24.1 Å². The molecule has 5 nitrogen and oxygen atoms in total. The second kappa shape index (κ2) is 21.6. The number of methoxy groups -OCH3 is 2. The van der Waals surface area contributed by atoms with Gasteiger partial charge in [0.15, 0.2) is 18.1 Å². The van der Waals surface area contributed by atoms with E-state index in [1.54, 1.807) is 14.2 Å². The van der Waals surface area contributed by atoms with E-state index in [2.05, 4.69) is 6.92 Å². The van der Waals surface area contributed by atoms with E-state index in [9.17, 15) is 4.79 Å². The van der Waals surface area contributed by atoms with Crippen LogP contribution in [0.5, 0.6) is 11.5 Å². The molecule has 5 heteroatoms. The molecule has 0 atom stereocenters. The van der Waals surface area contributed by atoms with Crippen LogP contribution in [0.15, 0.2) is 78.9 Å². The third-order valence-electron chi connectivity index (χ3n) is 8.87. The Kier molecular flexibility index (Phi) is 17.4. The quantitative estimate of drug-likeness (QED) is 0.0742. The standard InChI is InChI=1S/C40H58NO4/c1-4-5-6-7-8-9-10-11-12-13-14-15-16-23-32-45-34-40(42)41(36-24-19-17-20-25-36,37-26-21-18-22-27-37)31-30-35-28-29-38(43-2)39(33-35)44-3/h17-22,24-29,33H,4-16,23,30-32,34H2,1-3H3/q+1. The van der Waals surface area contributed by atoms with Gasteiger partial charge in [0.05, 0.1) is 20.8 Å². The number of ether oxygens (including phenoxy) is 3. The van der Waals surface area contributed by atoms with E-state index in [4.69, 9.17) is 14.2 Å².